The predicted octanol–water partition coefficient (Wildman–Crippen LogP) is 3.88. The summed E-state index contributed by atoms with van der Waals surface area (Å²) in [6.07, 6.45) is 0.970. The van der Waals surface area contributed by atoms with Crippen molar-refractivity contribution in [1.82, 2.24) is 16.0 Å². The highest BCUT2D eigenvalue weighted by molar-refractivity contribution is 7.11. The number of nitrogens with zero attached hydrogens (tertiary/aromatic N) is 1. The third-order valence-corrected chi connectivity index (χ3v) is 5.02. The largest absolute Gasteiger partial charge is 0.354 e. The summed E-state index contributed by atoms with van der Waals surface area (Å²) >= 11 is 1.83. The molecule has 0 aliphatic carbocycles. The van der Waals surface area contributed by atoms with Crippen LogP contribution in [-0.4, -0.2) is 31.1 Å². The van der Waals surface area contributed by atoms with Crippen LogP contribution in [0.3, 0.4) is 0 Å². The highest BCUT2D eigenvalue weighted by atomic mass is 32.1. The number of amides is 2. The molecule has 0 aliphatic rings. The second-order valence-corrected chi connectivity index (χ2v) is 8.51. The Labute approximate surface area is 171 Å². The second-order valence-electron chi connectivity index (χ2n) is 7.14. The number of rotatable bonds is 7. The van der Waals surface area contributed by atoms with E-state index in [0.29, 0.717) is 6.54 Å². The van der Waals surface area contributed by atoms with Gasteiger partial charge in [-0.05, 0) is 57.5 Å². The lowest BCUT2D eigenvalue weighted by atomic mass is 10.2. The third-order valence-electron chi connectivity index (χ3n) is 4.00. The number of carbonyl (C=O) groups excluding carboxylic acids is 1. The van der Waals surface area contributed by atoms with E-state index in [1.165, 1.54) is 9.75 Å². The second kappa shape index (κ2) is 10.7. The molecule has 28 heavy (non-hydrogen) atoms. The van der Waals surface area contributed by atoms with E-state index in [1.807, 2.05) is 49.4 Å². The zero-order valence-electron chi connectivity index (χ0n) is 17.3. The number of urea groups is 1. The molecule has 0 fully saturated rings. The zero-order valence-corrected chi connectivity index (χ0v) is 18.1. The monoisotopic (exact) mass is 401 g/mol. The Morgan fingerprint density at radius 2 is 1.79 bits per heavy atom. The first-order valence-electron chi connectivity index (χ1n) is 9.54. The molecule has 6 nitrogen and oxygen atoms in total. The summed E-state index contributed by atoms with van der Waals surface area (Å²) in [6, 6.07) is 12.3. The number of aliphatic imine (C=N–C) groups is 1. The molecule has 1 heterocycles. The van der Waals surface area contributed by atoms with Gasteiger partial charge in [0.25, 0.3) is 0 Å². The van der Waals surface area contributed by atoms with Gasteiger partial charge in [-0.1, -0.05) is 12.1 Å². The fraction of sp³-hybridized carbons (Fsp3) is 0.429. The quantitative estimate of drug-likeness (QED) is 0.420. The van der Waals surface area contributed by atoms with Crippen molar-refractivity contribution >= 4 is 29.0 Å². The minimum absolute atomic E-state index is 0.106. The van der Waals surface area contributed by atoms with Gasteiger partial charge >= 0.3 is 6.03 Å². The van der Waals surface area contributed by atoms with Crippen LogP contribution in [-0.2, 0) is 13.0 Å². The van der Waals surface area contributed by atoms with Crippen molar-refractivity contribution in [3.8, 4) is 0 Å². The minimum Gasteiger partial charge on any atom is -0.354 e. The Morgan fingerprint density at radius 1 is 1.07 bits per heavy atom. The molecule has 2 amide bonds. The average molecular weight is 402 g/mol. The maximum atomic E-state index is 11.7. The number of carbonyl (C=O) groups is 1. The molecule has 2 aromatic rings. The highest BCUT2D eigenvalue weighted by Gasteiger charge is 2.08. The molecular formula is C21H31N5OS. The standard InChI is InChI=1S/C21H31N5OS/c1-14(2)24-21(27)26-18-9-7-17(8-10-18)13-23-20(22-5)25-15(3)12-19-11-6-16(4)28-19/h6-11,14-15H,12-13H2,1-5H3,(H2,22,23,25)(H2,24,26,27). The van der Waals surface area contributed by atoms with Gasteiger partial charge < -0.3 is 21.3 Å². The first-order chi connectivity index (χ1) is 13.4. The summed E-state index contributed by atoms with van der Waals surface area (Å²) < 4.78 is 0. The average Bonchev–Trinajstić information content (AvgIpc) is 3.03. The van der Waals surface area contributed by atoms with Gasteiger partial charge in [0.15, 0.2) is 5.96 Å². The van der Waals surface area contributed by atoms with Crippen LogP contribution in [0.15, 0.2) is 41.4 Å². The molecule has 0 radical (unpaired) electrons. The summed E-state index contributed by atoms with van der Waals surface area (Å²) in [5, 5.41) is 12.4. The van der Waals surface area contributed by atoms with E-state index in [-0.39, 0.29) is 18.1 Å². The van der Waals surface area contributed by atoms with E-state index in [0.717, 1.165) is 23.6 Å². The first kappa shape index (κ1) is 21.8. The molecule has 152 valence electrons. The van der Waals surface area contributed by atoms with Gasteiger partial charge in [-0.25, -0.2) is 4.79 Å². The Balaban J connectivity index is 1.80. The van der Waals surface area contributed by atoms with Crippen molar-refractivity contribution < 1.29 is 4.79 Å². The molecule has 4 N–H and O–H groups in total. The fourth-order valence-electron chi connectivity index (χ4n) is 2.70. The van der Waals surface area contributed by atoms with Crippen LogP contribution >= 0.6 is 11.3 Å². The van der Waals surface area contributed by atoms with Crippen molar-refractivity contribution in [1.29, 1.82) is 0 Å². The van der Waals surface area contributed by atoms with Gasteiger partial charge in [0.05, 0.1) is 0 Å². The molecule has 7 heteroatoms. The Morgan fingerprint density at radius 3 is 2.36 bits per heavy atom. The van der Waals surface area contributed by atoms with E-state index >= 15 is 0 Å². The lowest BCUT2D eigenvalue weighted by Gasteiger charge is -2.17. The number of benzene rings is 1. The Hall–Kier alpha value is -2.54. The minimum atomic E-state index is -0.194. The Kier molecular flexibility index (Phi) is 8.32. The third kappa shape index (κ3) is 7.60. The van der Waals surface area contributed by atoms with Gasteiger partial charge in [-0.3, -0.25) is 4.99 Å². The maximum absolute atomic E-state index is 11.7. The molecule has 0 bridgehead atoms. The van der Waals surface area contributed by atoms with Crippen LogP contribution in [0.5, 0.6) is 0 Å². The summed E-state index contributed by atoms with van der Waals surface area (Å²) in [7, 11) is 1.78. The predicted molar refractivity (Wildman–Crippen MR) is 119 cm³/mol. The van der Waals surface area contributed by atoms with Crippen LogP contribution in [0, 0.1) is 6.92 Å². The van der Waals surface area contributed by atoms with E-state index < -0.39 is 0 Å². The highest BCUT2D eigenvalue weighted by Crippen LogP contribution is 2.16. The topological polar surface area (TPSA) is 77.5 Å². The summed E-state index contributed by atoms with van der Waals surface area (Å²) in [5.74, 6) is 0.777. The smallest absolute Gasteiger partial charge is 0.319 e. The molecule has 0 saturated heterocycles. The summed E-state index contributed by atoms with van der Waals surface area (Å²) in [6.45, 7) is 8.80. The number of hydrogen-bond acceptors (Lipinski definition) is 3. The zero-order chi connectivity index (χ0) is 20.5. The summed E-state index contributed by atoms with van der Waals surface area (Å²) in [4.78, 5) is 18.8. The fourth-order valence-corrected chi connectivity index (χ4v) is 3.72. The Bertz CT molecular complexity index is 782. The van der Waals surface area contributed by atoms with Gasteiger partial charge in [-0.15, -0.1) is 11.3 Å². The van der Waals surface area contributed by atoms with E-state index in [9.17, 15) is 4.79 Å². The van der Waals surface area contributed by atoms with Gasteiger partial charge in [0, 0.05) is 47.5 Å². The van der Waals surface area contributed by atoms with E-state index in [4.69, 9.17) is 0 Å². The molecule has 2 rings (SSSR count). The van der Waals surface area contributed by atoms with Crippen molar-refractivity contribution in [2.24, 2.45) is 4.99 Å². The molecule has 1 atom stereocenters. The van der Waals surface area contributed by atoms with Crippen LogP contribution in [0.25, 0.3) is 0 Å². The number of guanidine groups is 1. The van der Waals surface area contributed by atoms with Crippen molar-refractivity contribution in [2.45, 2.75) is 52.7 Å². The molecule has 0 spiro atoms. The number of thiophene rings is 1. The van der Waals surface area contributed by atoms with Crippen molar-refractivity contribution in [3.63, 3.8) is 0 Å². The molecule has 1 aromatic heterocycles. The molecule has 1 unspecified atom stereocenters. The number of anilines is 1. The van der Waals surface area contributed by atoms with Crippen LogP contribution in [0.2, 0.25) is 0 Å². The lowest BCUT2D eigenvalue weighted by Crippen LogP contribution is -2.42. The van der Waals surface area contributed by atoms with Crippen molar-refractivity contribution in [2.75, 3.05) is 12.4 Å². The SMILES string of the molecule is CN=C(NCc1ccc(NC(=O)NC(C)C)cc1)NC(C)Cc1ccc(C)s1. The van der Waals surface area contributed by atoms with E-state index in [2.05, 4.69) is 52.2 Å². The number of hydrogen-bond donors (Lipinski definition) is 4. The molecule has 0 aliphatic heterocycles. The van der Waals surface area contributed by atoms with Gasteiger partial charge in [-0.2, -0.15) is 0 Å². The lowest BCUT2D eigenvalue weighted by molar-refractivity contribution is 0.250. The normalized spacial score (nSPS) is 12.6. The van der Waals surface area contributed by atoms with Gasteiger partial charge in [0.2, 0.25) is 0 Å². The van der Waals surface area contributed by atoms with Gasteiger partial charge in [0.1, 0.15) is 0 Å². The molecule has 0 saturated carbocycles. The number of aryl methyl sites for hydroxylation is 1. The summed E-state index contributed by atoms with van der Waals surface area (Å²) in [5.41, 5.74) is 1.88. The molecule has 1 aromatic carbocycles. The van der Waals surface area contributed by atoms with Crippen LogP contribution < -0.4 is 21.3 Å². The van der Waals surface area contributed by atoms with Crippen LogP contribution in [0.1, 0.15) is 36.1 Å². The van der Waals surface area contributed by atoms with Crippen molar-refractivity contribution in [3.05, 3.63) is 51.7 Å². The van der Waals surface area contributed by atoms with Crippen LogP contribution in [0.4, 0.5) is 10.5 Å². The number of nitrogens with one attached hydrogen (secondary N) is 4. The maximum Gasteiger partial charge on any atom is 0.319 e. The van der Waals surface area contributed by atoms with E-state index in [1.54, 1.807) is 7.05 Å². The molecular weight excluding hydrogens is 370 g/mol. The first-order valence-corrected chi connectivity index (χ1v) is 10.4.